The molecule has 0 radical (unpaired) electrons. The number of nitrogens with two attached hydrogens (primary N) is 1. The fourth-order valence-electron chi connectivity index (χ4n) is 1.17. The minimum atomic E-state index is -0.431. The Balaban J connectivity index is 2.58. The molecule has 0 aliphatic carbocycles. The van der Waals surface area contributed by atoms with Crippen LogP contribution in [0.3, 0.4) is 0 Å². The molecule has 15 heavy (non-hydrogen) atoms. The Morgan fingerprint density at radius 3 is 2.73 bits per heavy atom. The number of hydrogen-bond acceptors (Lipinski definition) is 4. The Kier molecular flexibility index (Phi) is 4.23. The Morgan fingerprint density at radius 1 is 1.60 bits per heavy atom. The Hall–Kier alpha value is -0.940. The molecule has 84 valence electrons. The molecule has 0 bridgehead atoms. The van der Waals surface area contributed by atoms with Gasteiger partial charge in [0.05, 0.1) is 11.7 Å². The van der Waals surface area contributed by atoms with Gasteiger partial charge in [-0.3, -0.25) is 4.79 Å². The van der Waals surface area contributed by atoms with Crippen molar-refractivity contribution in [2.45, 2.75) is 39.7 Å². The van der Waals surface area contributed by atoms with Gasteiger partial charge >= 0.3 is 0 Å². The summed E-state index contributed by atoms with van der Waals surface area (Å²) >= 11 is 1.48. The van der Waals surface area contributed by atoms with E-state index in [1.54, 1.807) is 0 Å². The van der Waals surface area contributed by atoms with Gasteiger partial charge in [-0.1, -0.05) is 13.3 Å². The van der Waals surface area contributed by atoms with Gasteiger partial charge in [0.25, 0.3) is 0 Å². The first-order chi connectivity index (χ1) is 7.04. The largest absolute Gasteiger partial charge is 0.320 e. The van der Waals surface area contributed by atoms with Crippen molar-refractivity contribution in [1.82, 2.24) is 4.98 Å². The first-order valence-corrected chi connectivity index (χ1v) is 5.86. The summed E-state index contributed by atoms with van der Waals surface area (Å²) in [6.45, 7) is 5.91. The normalized spacial score (nSPS) is 12.5. The van der Waals surface area contributed by atoms with E-state index in [2.05, 4.69) is 10.3 Å². The number of aryl methyl sites for hydroxylation is 2. The molecule has 0 saturated heterocycles. The van der Waals surface area contributed by atoms with Crippen molar-refractivity contribution >= 4 is 22.4 Å². The molecule has 0 aliphatic heterocycles. The number of aromatic nitrogens is 1. The van der Waals surface area contributed by atoms with Crippen LogP contribution in [0.1, 0.15) is 30.3 Å². The summed E-state index contributed by atoms with van der Waals surface area (Å²) in [5.41, 5.74) is 6.64. The molecular weight excluding hydrogens is 210 g/mol. The number of anilines is 1. The maximum absolute atomic E-state index is 11.6. The first kappa shape index (κ1) is 12.1. The molecular formula is C10H17N3OS. The van der Waals surface area contributed by atoms with E-state index in [9.17, 15) is 4.79 Å². The summed E-state index contributed by atoms with van der Waals surface area (Å²) in [4.78, 5) is 16.9. The maximum Gasteiger partial charge on any atom is 0.243 e. The smallest absolute Gasteiger partial charge is 0.243 e. The van der Waals surface area contributed by atoms with Gasteiger partial charge in [-0.25, -0.2) is 4.98 Å². The molecule has 1 rings (SSSR count). The molecule has 0 unspecified atom stereocenters. The van der Waals surface area contributed by atoms with Gasteiger partial charge in [0.1, 0.15) is 0 Å². The van der Waals surface area contributed by atoms with Gasteiger partial charge in [0, 0.05) is 4.88 Å². The van der Waals surface area contributed by atoms with Crippen molar-refractivity contribution in [3.05, 3.63) is 10.6 Å². The topological polar surface area (TPSA) is 68.0 Å². The maximum atomic E-state index is 11.6. The Bertz CT molecular complexity index is 329. The first-order valence-electron chi connectivity index (χ1n) is 5.05. The van der Waals surface area contributed by atoms with Crippen LogP contribution >= 0.6 is 11.3 Å². The molecule has 0 aromatic carbocycles. The van der Waals surface area contributed by atoms with E-state index in [0.29, 0.717) is 11.6 Å². The number of thiazole rings is 1. The van der Waals surface area contributed by atoms with Crippen LogP contribution in [0, 0.1) is 13.8 Å². The molecule has 0 saturated carbocycles. The van der Waals surface area contributed by atoms with Crippen LogP contribution in [0.4, 0.5) is 5.13 Å². The lowest BCUT2D eigenvalue weighted by molar-refractivity contribution is -0.117. The number of rotatable bonds is 4. The Morgan fingerprint density at radius 2 is 2.27 bits per heavy atom. The molecule has 5 heteroatoms. The zero-order chi connectivity index (χ0) is 11.4. The van der Waals surface area contributed by atoms with Crippen LogP contribution < -0.4 is 11.1 Å². The molecule has 0 spiro atoms. The van der Waals surface area contributed by atoms with Crippen LogP contribution in [0.5, 0.6) is 0 Å². The molecule has 1 atom stereocenters. The van der Waals surface area contributed by atoms with Crippen LogP contribution in [0.2, 0.25) is 0 Å². The zero-order valence-corrected chi connectivity index (χ0v) is 10.1. The lowest BCUT2D eigenvalue weighted by Crippen LogP contribution is -2.35. The third-order valence-corrected chi connectivity index (χ3v) is 3.18. The minimum Gasteiger partial charge on any atom is -0.320 e. The second kappa shape index (κ2) is 5.23. The number of hydrogen-bond donors (Lipinski definition) is 2. The highest BCUT2D eigenvalue weighted by atomic mass is 32.1. The van der Waals surface area contributed by atoms with E-state index in [1.807, 2.05) is 20.8 Å². The standard InChI is InChI=1S/C10H17N3OS/c1-4-5-8(11)9(14)13-10-12-6(2)7(3)15-10/h8H,4-5,11H2,1-3H3,(H,12,13,14)/t8-/m1/s1. The van der Waals surface area contributed by atoms with Crippen LogP contribution in [0.15, 0.2) is 0 Å². The predicted molar refractivity (Wildman–Crippen MR) is 63.1 cm³/mol. The molecule has 1 aromatic heterocycles. The Labute approximate surface area is 93.9 Å². The van der Waals surface area contributed by atoms with Gasteiger partial charge in [-0.05, 0) is 20.3 Å². The summed E-state index contributed by atoms with van der Waals surface area (Å²) < 4.78 is 0. The van der Waals surface area contributed by atoms with Gasteiger partial charge in [0.15, 0.2) is 5.13 Å². The SMILES string of the molecule is CCC[C@@H](N)C(=O)Nc1nc(C)c(C)s1. The molecule has 3 N–H and O–H groups in total. The van der Waals surface area contributed by atoms with E-state index in [-0.39, 0.29) is 5.91 Å². The lowest BCUT2D eigenvalue weighted by atomic mass is 10.2. The average molecular weight is 227 g/mol. The van der Waals surface area contributed by atoms with E-state index in [1.165, 1.54) is 11.3 Å². The quantitative estimate of drug-likeness (QED) is 0.824. The number of nitrogens with one attached hydrogen (secondary N) is 1. The molecule has 1 amide bonds. The monoisotopic (exact) mass is 227 g/mol. The van der Waals surface area contributed by atoms with Crippen LogP contribution in [0.25, 0.3) is 0 Å². The summed E-state index contributed by atoms with van der Waals surface area (Å²) in [5, 5.41) is 3.37. The van der Waals surface area contributed by atoms with Crippen molar-refractivity contribution in [1.29, 1.82) is 0 Å². The lowest BCUT2D eigenvalue weighted by Gasteiger charge is -2.08. The fraction of sp³-hybridized carbons (Fsp3) is 0.600. The van der Waals surface area contributed by atoms with Crippen molar-refractivity contribution in [3.8, 4) is 0 Å². The second-order valence-electron chi connectivity index (χ2n) is 3.55. The second-order valence-corrected chi connectivity index (χ2v) is 4.75. The van der Waals surface area contributed by atoms with E-state index in [0.717, 1.165) is 17.0 Å². The van der Waals surface area contributed by atoms with Gasteiger partial charge in [0.2, 0.25) is 5.91 Å². The van der Waals surface area contributed by atoms with Crippen molar-refractivity contribution < 1.29 is 4.79 Å². The van der Waals surface area contributed by atoms with Crippen molar-refractivity contribution in [2.75, 3.05) is 5.32 Å². The summed E-state index contributed by atoms with van der Waals surface area (Å²) in [5.74, 6) is -0.148. The number of carbonyl (C=O) groups is 1. The third-order valence-electron chi connectivity index (χ3n) is 2.20. The minimum absolute atomic E-state index is 0.148. The zero-order valence-electron chi connectivity index (χ0n) is 9.33. The number of amides is 1. The summed E-state index contributed by atoms with van der Waals surface area (Å²) in [6, 6.07) is -0.431. The fourth-order valence-corrected chi connectivity index (χ4v) is 1.98. The summed E-state index contributed by atoms with van der Waals surface area (Å²) in [6.07, 6.45) is 1.61. The third kappa shape index (κ3) is 3.28. The highest BCUT2D eigenvalue weighted by Crippen LogP contribution is 2.21. The van der Waals surface area contributed by atoms with E-state index >= 15 is 0 Å². The highest BCUT2D eigenvalue weighted by Gasteiger charge is 2.14. The highest BCUT2D eigenvalue weighted by molar-refractivity contribution is 7.15. The van der Waals surface area contributed by atoms with E-state index in [4.69, 9.17) is 5.73 Å². The number of carbonyl (C=O) groups excluding carboxylic acids is 1. The van der Waals surface area contributed by atoms with Crippen molar-refractivity contribution in [2.24, 2.45) is 5.73 Å². The molecule has 1 aromatic rings. The molecule has 0 aliphatic rings. The summed E-state index contributed by atoms with van der Waals surface area (Å²) in [7, 11) is 0. The van der Waals surface area contributed by atoms with Gasteiger partial charge < -0.3 is 11.1 Å². The molecule has 0 fully saturated rings. The molecule has 4 nitrogen and oxygen atoms in total. The van der Waals surface area contributed by atoms with Crippen LogP contribution in [-0.2, 0) is 4.79 Å². The average Bonchev–Trinajstić information content (AvgIpc) is 2.46. The van der Waals surface area contributed by atoms with E-state index < -0.39 is 6.04 Å². The molecule has 1 heterocycles. The van der Waals surface area contributed by atoms with Crippen molar-refractivity contribution in [3.63, 3.8) is 0 Å². The predicted octanol–water partition coefficient (Wildman–Crippen LogP) is 1.83. The van der Waals surface area contributed by atoms with Gasteiger partial charge in [-0.2, -0.15) is 0 Å². The van der Waals surface area contributed by atoms with Crippen LogP contribution in [-0.4, -0.2) is 16.9 Å². The number of nitrogens with zero attached hydrogens (tertiary/aromatic N) is 1. The van der Waals surface area contributed by atoms with Gasteiger partial charge in [-0.15, -0.1) is 11.3 Å².